The van der Waals surface area contributed by atoms with Crippen molar-refractivity contribution in [1.29, 1.82) is 0 Å². The summed E-state index contributed by atoms with van der Waals surface area (Å²) >= 11 is 6.16. The summed E-state index contributed by atoms with van der Waals surface area (Å²) in [5.74, 6) is -1.11. The molecule has 0 atom stereocenters. The Labute approximate surface area is 196 Å². The van der Waals surface area contributed by atoms with Gasteiger partial charge in [0.25, 0.3) is 11.8 Å². The number of carbonyl (C=O) groups is 2. The average Bonchev–Trinajstić information content (AvgIpc) is 3.01. The van der Waals surface area contributed by atoms with Crippen LogP contribution in [0.2, 0.25) is 5.02 Å². The largest absolute Gasteiger partial charge is 0.489 e. The highest BCUT2D eigenvalue weighted by Gasteiger charge is 2.41. The second kappa shape index (κ2) is 9.08. The van der Waals surface area contributed by atoms with Gasteiger partial charge in [-0.15, -0.1) is 0 Å². The van der Waals surface area contributed by atoms with Gasteiger partial charge in [-0.05, 0) is 68.3 Å². The first-order valence-electron chi connectivity index (χ1n) is 10.4. The minimum Gasteiger partial charge on any atom is -0.489 e. The second-order valence-electron chi connectivity index (χ2n) is 7.92. The zero-order valence-corrected chi connectivity index (χ0v) is 19.1. The molecule has 0 bridgehead atoms. The molecule has 3 aromatic carbocycles. The van der Waals surface area contributed by atoms with E-state index in [1.54, 1.807) is 36.4 Å². The first-order chi connectivity index (χ1) is 15.8. The minimum absolute atomic E-state index is 0.0799. The van der Waals surface area contributed by atoms with Crippen LogP contribution in [0.3, 0.4) is 0 Å². The molecule has 5 nitrogen and oxygen atoms in total. The molecule has 0 spiro atoms. The molecule has 33 heavy (non-hydrogen) atoms. The van der Waals surface area contributed by atoms with Crippen molar-refractivity contribution < 1.29 is 18.7 Å². The molecular formula is C26H22ClFN2O3. The molecule has 1 N–H and O–H groups in total. The van der Waals surface area contributed by atoms with Crippen LogP contribution in [0.15, 0.2) is 72.4 Å². The predicted octanol–water partition coefficient (Wildman–Crippen LogP) is 5.97. The van der Waals surface area contributed by atoms with E-state index < -0.39 is 17.6 Å². The smallest absolute Gasteiger partial charge is 0.282 e. The molecule has 7 heteroatoms. The van der Waals surface area contributed by atoms with Crippen molar-refractivity contribution in [2.75, 3.05) is 10.2 Å². The maximum atomic E-state index is 13.6. The second-order valence-corrected chi connectivity index (χ2v) is 8.36. The summed E-state index contributed by atoms with van der Waals surface area (Å²) in [6, 6.07) is 17.6. The lowest BCUT2D eigenvalue weighted by Crippen LogP contribution is -2.33. The number of imide groups is 1. The maximum absolute atomic E-state index is 13.6. The molecule has 1 aliphatic rings. The molecular weight excluding hydrogens is 443 g/mol. The van der Waals surface area contributed by atoms with E-state index in [1.807, 2.05) is 26.8 Å². The highest BCUT2D eigenvalue weighted by atomic mass is 35.5. The zero-order chi connectivity index (χ0) is 23.7. The summed E-state index contributed by atoms with van der Waals surface area (Å²) in [4.78, 5) is 28.3. The van der Waals surface area contributed by atoms with Gasteiger partial charge in [0.05, 0.1) is 17.4 Å². The highest BCUT2D eigenvalue weighted by Crippen LogP contribution is 2.38. The van der Waals surface area contributed by atoms with Crippen LogP contribution in [0.25, 0.3) is 5.57 Å². The van der Waals surface area contributed by atoms with E-state index in [9.17, 15) is 14.0 Å². The number of benzene rings is 3. The molecule has 1 heterocycles. The van der Waals surface area contributed by atoms with Crippen LogP contribution in [-0.2, 0) is 9.59 Å². The first-order valence-corrected chi connectivity index (χ1v) is 10.8. The fourth-order valence-corrected chi connectivity index (χ4v) is 3.78. The maximum Gasteiger partial charge on any atom is 0.282 e. The van der Waals surface area contributed by atoms with Gasteiger partial charge in [-0.2, -0.15) is 0 Å². The molecule has 2 amide bonds. The lowest BCUT2D eigenvalue weighted by Gasteiger charge is -2.20. The van der Waals surface area contributed by atoms with E-state index in [0.29, 0.717) is 27.7 Å². The summed E-state index contributed by atoms with van der Waals surface area (Å²) in [6.07, 6.45) is -0.157. The lowest BCUT2D eigenvalue weighted by molar-refractivity contribution is -0.120. The van der Waals surface area contributed by atoms with E-state index in [4.69, 9.17) is 16.3 Å². The van der Waals surface area contributed by atoms with Crippen LogP contribution >= 0.6 is 11.6 Å². The van der Waals surface area contributed by atoms with Gasteiger partial charge in [0, 0.05) is 10.7 Å². The van der Waals surface area contributed by atoms with Crippen molar-refractivity contribution in [3.63, 3.8) is 0 Å². The van der Waals surface area contributed by atoms with Crippen molar-refractivity contribution in [2.45, 2.75) is 26.9 Å². The van der Waals surface area contributed by atoms with Gasteiger partial charge >= 0.3 is 0 Å². The van der Waals surface area contributed by atoms with Gasteiger partial charge in [0.1, 0.15) is 17.3 Å². The Balaban J connectivity index is 1.85. The van der Waals surface area contributed by atoms with E-state index in [2.05, 4.69) is 5.32 Å². The number of halogens is 2. The quantitative estimate of drug-likeness (QED) is 0.456. The summed E-state index contributed by atoms with van der Waals surface area (Å²) in [5, 5.41) is 3.58. The number of ether oxygens (including phenoxy) is 1. The summed E-state index contributed by atoms with van der Waals surface area (Å²) < 4.78 is 19.4. The molecule has 0 radical (unpaired) electrons. The van der Waals surface area contributed by atoms with Crippen molar-refractivity contribution in [3.05, 3.63) is 94.4 Å². The molecule has 0 fully saturated rings. The summed E-state index contributed by atoms with van der Waals surface area (Å²) in [7, 11) is 0. The number of amides is 2. The molecule has 4 rings (SSSR count). The molecule has 0 aliphatic carbocycles. The number of anilines is 2. The SMILES string of the molecule is Cc1ccc(Cl)cc1NC1=C(c2ccc(F)cc2)C(=O)N(c2ccccc2OC(C)C)C1=O. The van der Waals surface area contributed by atoms with Crippen LogP contribution in [-0.4, -0.2) is 17.9 Å². The number of nitrogens with zero attached hydrogens (tertiary/aromatic N) is 1. The lowest BCUT2D eigenvalue weighted by atomic mass is 10.0. The molecule has 0 unspecified atom stereocenters. The fraction of sp³-hybridized carbons (Fsp3) is 0.154. The standard InChI is InChI=1S/C26H22ClFN2O3/c1-15(2)33-22-7-5-4-6-21(22)30-25(31)23(17-9-12-19(28)13-10-17)24(26(30)32)29-20-14-18(27)11-8-16(20)3/h4-15,29H,1-3H3. The Bertz CT molecular complexity index is 1270. The van der Waals surface area contributed by atoms with Gasteiger partial charge in [-0.25, -0.2) is 9.29 Å². The van der Waals surface area contributed by atoms with Gasteiger partial charge in [-0.1, -0.05) is 41.9 Å². The third-order valence-corrected chi connectivity index (χ3v) is 5.38. The predicted molar refractivity (Wildman–Crippen MR) is 128 cm³/mol. The van der Waals surface area contributed by atoms with Crippen LogP contribution in [0.4, 0.5) is 15.8 Å². The Morgan fingerprint density at radius 1 is 0.970 bits per heavy atom. The van der Waals surface area contributed by atoms with Crippen LogP contribution < -0.4 is 15.0 Å². The molecule has 0 saturated heterocycles. The van der Waals surface area contributed by atoms with E-state index >= 15 is 0 Å². The monoisotopic (exact) mass is 464 g/mol. The first kappa shape index (κ1) is 22.6. The van der Waals surface area contributed by atoms with E-state index in [1.165, 1.54) is 24.3 Å². The molecule has 3 aromatic rings. The Morgan fingerprint density at radius 2 is 1.67 bits per heavy atom. The summed E-state index contributed by atoms with van der Waals surface area (Å²) in [5.41, 5.74) is 2.40. The topological polar surface area (TPSA) is 58.6 Å². The zero-order valence-electron chi connectivity index (χ0n) is 18.4. The fourth-order valence-electron chi connectivity index (χ4n) is 3.61. The summed E-state index contributed by atoms with van der Waals surface area (Å²) in [6.45, 7) is 5.59. The molecule has 1 aliphatic heterocycles. The van der Waals surface area contributed by atoms with E-state index in [-0.39, 0.29) is 17.4 Å². The number of rotatable bonds is 6. The minimum atomic E-state index is -0.543. The number of nitrogens with one attached hydrogen (secondary N) is 1. The van der Waals surface area contributed by atoms with Crippen molar-refractivity contribution >= 4 is 40.4 Å². The van der Waals surface area contributed by atoms with Gasteiger partial charge in [0.15, 0.2) is 0 Å². The van der Waals surface area contributed by atoms with Crippen molar-refractivity contribution in [2.24, 2.45) is 0 Å². The van der Waals surface area contributed by atoms with Crippen LogP contribution in [0.5, 0.6) is 5.75 Å². The Hall–Kier alpha value is -3.64. The van der Waals surface area contributed by atoms with Crippen molar-refractivity contribution in [3.8, 4) is 5.75 Å². The van der Waals surface area contributed by atoms with Crippen molar-refractivity contribution in [1.82, 2.24) is 0 Å². The van der Waals surface area contributed by atoms with Gasteiger partial charge in [0.2, 0.25) is 0 Å². The number of aryl methyl sites for hydroxylation is 1. The highest BCUT2D eigenvalue weighted by molar-refractivity contribution is 6.46. The van der Waals surface area contributed by atoms with Crippen LogP contribution in [0, 0.1) is 12.7 Å². The number of hydrogen-bond acceptors (Lipinski definition) is 4. The normalized spacial score (nSPS) is 13.8. The van der Waals surface area contributed by atoms with E-state index in [0.717, 1.165) is 10.5 Å². The third kappa shape index (κ3) is 4.47. The van der Waals surface area contributed by atoms with Gasteiger partial charge < -0.3 is 10.1 Å². The number of carbonyl (C=O) groups excluding carboxylic acids is 2. The van der Waals surface area contributed by atoms with Crippen LogP contribution in [0.1, 0.15) is 25.0 Å². The number of hydrogen-bond donors (Lipinski definition) is 1. The van der Waals surface area contributed by atoms with Gasteiger partial charge in [-0.3, -0.25) is 9.59 Å². The molecule has 168 valence electrons. The molecule has 0 aromatic heterocycles. The Morgan fingerprint density at radius 3 is 2.36 bits per heavy atom. The number of para-hydroxylation sites is 2. The third-order valence-electron chi connectivity index (χ3n) is 5.14. The Kier molecular flexibility index (Phi) is 6.20. The average molecular weight is 465 g/mol. The molecule has 0 saturated carbocycles.